The normalized spacial score (nSPS) is 13.4. The van der Waals surface area contributed by atoms with E-state index in [1.54, 1.807) is 0 Å². The van der Waals surface area contributed by atoms with Crippen LogP contribution in [0.3, 0.4) is 0 Å². The van der Waals surface area contributed by atoms with E-state index in [0.29, 0.717) is 0 Å². The third-order valence-electron chi connectivity index (χ3n) is 2.16. The van der Waals surface area contributed by atoms with E-state index in [4.69, 9.17) is 5.73 Å². The van der Waals surface area contributed by atoms with Crippen molar-refractivity contribution in [2.75, 3.05) is 6.61 Å². The molecule has 0 saturated heterocycles. The van der Waals surface area contributed by atoms with Gasteiger partial charge in [-0.3, -0.25) is 0 Å². The minimum Gasteiger partial charge on any atom is -0.464 e. The van der Waals surface area contributed by atoms with Gasteiger partial charge in [0.15, 0.2) is 11.6 Å². The van der Waals surface area contributed by atoms with E-state index in [1.807, 2.05) is 0 Å². The Hall–Kier alpha value is -1.27. The predicted molar refractivity (Wildman–Crippen MR) is 62.1 cm³/mol. The first kappa shape index (κ1) is 16.7. The van der Waals surface area contributed by atoms with Crippen LogP contribution in [0.4, 0.5) is 13.2 Å². The highest BCUT2D eigenvalue weighted by molar-refractivity contribution is 5.85. The topological polar surface area (TPSA) is 52.3 Å². The van der Waals surface area contributed by atoms with Crippen molar-refractivity contribution >= 4 is 18.4 Å². The molecule has 1 aromatic carbocycles. The van der Waals surface area contributed by atoms with Gasteiger partial charge in [0.2, 0.25) is 6.17 Å². The molecule has 0 aliphatic heterocycles. The Morgan fingerprint density at radius 1 is 1.39 bits per heavy atom. The molecule has 0 aliphatic rings. The zero-order valence-electron chi connectivity index (χ0n) is 9.53. The molecule has 18 heavy (non-hydrogen) atoms. The maximum atomic E-state index is 13.5. The molecule has 102 valence electrons. The summed E-state index contributed by atoms with van der Waals surface area (Å²) in [4.78, 5) is 11.1. The number of rotatable bonds is 4. The number of benzene rings is 1. The standard InChI is InChI=1S/C11H12F3NO2.ClH/c1-2-17-11(16)9(14)10(15)6-3-4-7(12)8(13)5-6;/h3-5,9-10H,2,15H2,1H3;1H/t9?,10-;/m0./s1. The molecular weight excluding hydrogens is 271 g/mol. The number of halogens is 4. The van der Waals surface area contributed by atoms with Gasteiger partial charge in [0, 0.05) is 0 Å². The zero-order valence-corrected chi connectivity index (χ0v) is 10.3. The number of carbonyl (C=O) groups excluding carboxylic acids is 1. The van der Waals surface area contributed by atoms with Crippen LogP contribution < -0.4 is 5.73 Å². The van der Waals surface area contributed by atoms with Crippen molar-refractivity contribution < 1.29 is 22.7 Å². The van der Waals surface area contributed by atoms with Crippen molar-refractivity contribution in [2.45, 2.75) is 19.1 Å². The molecule has 0 saturated carbocycles. The van der Waals surface area contributed by atoms with E-state index in [0.717, 1.165) is 18.2 Å². The first-order chi connectivity index (χ1) is 7.97. The minimum absolute atomic E-state index is 0. The van der Waals surface area contributed by atoms with Gasteiger partial charge >= 0.3 is 5.97 Å². The Bertz CT molecular complexity index is 417. The summed E-state index contributed by atoms with van der Waals surface area (Å²) >= 11 is 0. The minimum atomic E-state index is -2.11. The van der Waals surface area contributed by atoms with E-state index < -0.39 is 29.8 Å². The zero-order chi connectivity index (χ0) is 13.0. The van der Waals surface area contributed by atoms with Crippen molar-refractivity contribution in [3.05, 3.63) is 35.4 Å². The lowest BCUT2D eigenvalue weighted by molar-refractivity contribution is -0.149. The maximum absolute atomic E-state index is 13.5. The quantitative estimate of drug-likeness (QED) is 0.863. The van der Waals surface area contributed by atoms with E-state index in [9.17, 15) is 18.0 Å². The van der Waals surface area contributed by atoms with Crippen LogP contribution in [0.5, 0.6) is 0 Å². The molecular formula is C11H13ClF3NO2. The highest BCUT2D eigenvalue weighted by atomic mass is 35.5. The smallest absolute Gasteiger partial charge is 0.342 e. The lowest BCUT2D eigenvalue weighted by Gasteiger charge is -2.15. The lowest BCUT2D eigenvalue weighted by Crippen LogP contribution is -2.31. The Morgan fingerprint density at radius 3 is 2.50 bits per heavy atom. The van der Waals surface area contributed by atoms with Crippen LogP contribution in [0, 0.1) is 11.6 Å². The van der Waals surface area contributed by atoms with Crippen molar-refractivity contribution in [3.63, 3.8) is 0 Å². The highest BCUT2D eigenvalue weighted by Gasteiger charge is 2.28. The van der Waals surface area contributed by atoms with Gasteiger partial charge in [-0.1, -0.05) is 6.07 Å². The van der Waals surface area contributed by atoms with E-state index in [1.165, 1.54) is 6.92 Å². The highest BCUT2D eigenvalue weighted by Crippen LogP contribution is 2.20. The van der Waals surface area contributed by atoms with Crippen molar-refractivity contribution in [1.29, 1.82) is 0 Å². The Kier molecular flexibility index (Phi) is 6.72. The molecule has 0 fully saturated rings. The molecule has 2 atom stereocenters. The average molecular weight is 284 g/mol. The molecule has 1 aromatic rings. The first-order valence-electron chi connectivity index (χ1n) is 4.98. The number of hydrogen-bond donors (Lipinski definition) is 1. The van der Waals surface area contributed by atoms with Gasteiger partial charge in [-0.15, -0.1) is 12.4 Å². The van der Waals surface area contributed by atoms with Crippen molar-refractivity contribution in [2.24, 2.45) is 5.73 Å². The number of alkyl halides is 1. The van der Waals surface area contributed by atoms with Crippen molar-refractivity contribution in [3.8, 4) is 0 Å². The summed E-state index contributed by atoms with van der Waals surface area (Å²) in [5.41, 5.74) is 5.41. The second-order valence-corrected chi connectivity index (χ2v) is 3.35. The summed E-state index contributed by atoms with van der Waals surface area (Å²) in [6.45, 7) is 1.54. The summed E-state index contributed by atoms with van der Waals surface area (Å²) in [6.07, 6.45) is -2.11. The average Bonchev–Trinajstić information content (AvgIpc) is 2.31. The van der Waals surface area contributed by atoms with E-state index in [2.05, 4.69) is 4.74 Å². The third-order valence-corrected chi connectivity index (χ3v) is 2.16. The lowest BCUT2D eigenvalue weighted by atomic mass is 10.0. The van der Waals surface area contributed by atoms with Crippen LogP contribution in [-0.2, 0) is 9.53 Å². The van der Waals surface area contributed by atoms with Crippen molar-refractivity contribution in [1.82, 2.24) is 0 Å². The van der Waals surface area contributed by atoms with Gasteiger partial charge in [0.05, 0.1) is 12.6 Å². The fraction of sp³-hybridized carbons (Fsp3) is 0.364. The molecule has 0 radical (unpaired) electrons. The Balaban J connectivity index is 0.00000289. The van der Waals surface area contributed by atoms with Crippen LogP contribution in [0.25, 0.3) is 0 Å². The fourth-order valence-corrected chi connectivity index (χ4v) is 1.26. The number of nitrogens with two attached hydrogens (primary N) is 1. The van der Waals surface area contributed by atoms with Gasteiger partial charge in [-0.25, -0.2) is 18.0 Å². The Morgan fingerprint density at radius 2 is 2.00 bits per heavy atom. The van der Waals surface area contributed by atoms with Gasteiger partial charge < -0.3 is 10.5 Å². The van der Waals surface area contributed by atoms with Crippen LogP contribution in [0.15, 0.2) is 18.2 Å². The summed E-state index contributed by atoms with van der Waals surface area (Å²) in [6, 6.07) is 1.31. The molecule has 0 bridgehead atoms. The van der Waals surface area contributed by atoms with Gasteiger partial charge in [-0.05, 0) is 24.6 Å². The molecule has 0 amide bonds. The van der Waals surface area contributed by atoms with Crippen LogP contribution in [0.1, 0.15) is 18.5 Å². The maximum Gasteiger partial charge on any atom is 0.342 e. The molecule has 0 heterocycles. The largest absolute Gasteiger partial charge is 0.464 e. The fourth-order valence-electron chi connectivity index (χ4n) is 1.26. The van der Waals surface area contributed by atoms with Gasteiger partial charge in [0.1, 0.15) is 0 Å². The van der Waals surface area contributed by atoms with E-state index >= 15 is 0 Å². The number of hydrogen-bond acceptors (Lipinski definition) is 3. The van der Waals surface area contributed by atoms with Gasteiger partial charge in [-0.2, -0.15) is 0 Å². The molecule has 1 unspecified atom stereocenters. The first-order valence-corrected chi connectivity index (χ1v) is 4.98. The van der Waals surface area contributed by atoms with Crippen LogP contribution >= 0.6 is 12.4 Å². The SMILES string of the molecule is CCOC(=O)C(F)[C@@H](N)c1ccc(F)c(F)c1.Cl. The second kappa shape index (κ2) is 7.23. The molecule has 2 N–H and O–H groups in total. The predicted octanol–water partition coefficient (Wildman–Crippen LogP) is 2.29. The summed E-state index contributed by atoms with van der Waals surface area (Å²) in [5.74, 6) is -3.33. The summed E-state index contributed by atoms with van der Waals surface area (Å²) in [7, 11) is 0. The number of ether oxygens (including phenoxy) is 1. The van der Waals surface area contributed by atoms with Crippen LogP contribution in [-0.4, -0.2) is 18.7 Å². The third kappa shape index (κ3) is 3.89. The number of carbonyl (C=O) groups is 1. The number of esters is 1. The second-order valence-electron chi connectivity index (χ2n) is 3.35. The molecule has 0 spiro atoms. The van der Waals surface area contributed by atoms with Crippen LogP contribution in [0.2, 0.25) is 0 Å². The summed E-state index contributed by atoms with van der Waals surface area (Å²) < 4.78 is 43.4. The molecule has 0 aliphatic carbocycles. The van der Waals surface area contributed by atoms with Gasteiger partial charge in [0.25, 0.3) is 0 Å². The molecule has 1 rings (SSSR count). The van der Waals surface area contributed by atoms with E-state index in [-0.39, 0.29) is 24.6 Å². The Labute approximate surface area is 109 Å². The summed E-state index contributed by atoms with van der Waals surface area (Å²) in [5, 5.41) is 0. The molecule has 7 heteroatoms. The monoisotopic (exact) mass is 283 g/mol. The molecule has 0 aromatic heterocycles. The molecule has 3 nitrogen and oxygen atoms in total.